The molecule has 1 aromatic carbocycles. The van der Waals surface area contributed by atoms with Crippen LogP contribution >= 0.6 is 0 Å². The van der Waals surface area contributed by atoms with Crippen molar-refractivity contribution in [2.24, 2.45) is 5.92 Å². The normalized spacial score (nSPS) is 24.3. The number of rotatable bonds is 2. The van der Waals surface area contributed by atoms with E-state index in [1.54, 1.807) is 0 Å². The fourth-order valence-corrected chi connectivity index (χ4v) is 2.79. The minimum absolute atomic E-state index is 0.395. The lowest BCUT2D eigenvalue weighted by Gasteiger charge is -2.30. The fourth-order valence-electron chi connectivity index (χ4n) is 2.79. The number of aromatic nitrogens is 1. The largest absolute Gasteiger partial charge is 0.417 e. The van der Waals surface area contributed by atoms with E-state index in [0.29, 0.717) is 17.5 Å². The maximum atomic E-state index is 11.1. The summed E-state index contributed by atoms with van der Waals surface area (Å²) >= 11 is 0. The van der Waals surface area contributed by atoms with Crippen LogP contribution in [0.2, 0.25) is 0 Å². The smallest absolute Gasteiger partial charge is 0.408 e. The molecule has 1 aromatic heterocycles. The molecular formula is C14H18N2O2. The van der Waals surface area contributed by atoms with Crippen molar-refractivity contribution in [3.63, 3.8) is 0 Å². The van der Waals surface area contributed by atoms with Crippen LogP contribution in [0.5, 0.6) is 0 Å². The second-order valence-corrected chi connectivity index (χ2v) is 5.24. The van der Waals surface area contributed by atoms with Crippen molar-refractivity contribution in [1.82, 2.24) is 4.98 Å². The van der Waals surface area contributed by atoms with Gasteiger partial charge in [0.1, 0.15) is 0 Å². The van der Waals surface area contributed by atoms with Crippen LogP contribution in [0.25, 0.3) is 11.1 Å². The molecule has 18 heavy (non-hydrogen) atoms. The van der Waals surface area contributed by atoms with Gasteiger partial charge in [0.25, 0.3) is 0 Å². The molecule has 2 N–H and O–H groups in total. The van der Waals surface area contributed by atoms with Gasteiger partial charge in [0.15, 0.2) is 5.58 Å². The van der Waals surface area contributed by atoms with E-state index < -0.39 is 5.76 Å². The first kappa shape index (κ1) is 11.4. The van der Waals surface area contributed by atoms with Crippen molar-refractivity contribution < 1.29 is 4.42 Å². The maximum Gasteiger partial charge on any atom is 0.417 e. The second kappa shape index (κ2) is 4.52. The van der Waals surface area contributed by atoms with Crippen LogP contribution in [0.4, 0.5) is 5.69 Å². The van der Waals surface area contributed by atoms with Gasteiger partial charge in [0.05, 0.1) is 5.52 Å². The summed E-state index contributed by atoms with van der Waals surface area (Å²) in [6.07, 6.45) is 5.16. The molecule has 2 atom stereocenters. The average molecular weight is 246 g/mol. The lowest BCUT2D eigenvalue weighted by molar-refractivity contribution is 0.349. The van der Waals surface area contributed by atoms with E-state index in [0.717, 1.165) is 11.2 Å². The zero-order valence-corrected chi connectivity index (χ0v) is 10.5. The summed E-state index contributed by atoms with van der Waals surface area (Å²) in [6, 6.07) is 6.29. The minimum Gasteiger partial charge on any atom is -0.408 e. The van der Waals surface area contributed by atoms with Gasteiger partial charge in [-0.1, -0.05) is 19.8 Å². The fraction of sp³-hybridized carbons (Fsp3) is 0.500. The number of hydrogen-bond acceptors (Lipinski definition) is 3. The molecule has 0 saturated heterocycles. The van der Waals surface area contributed by atoms with Crippen LogP contribution in [-0.4, -0.2) is 11.0 Å². The Bertz CT molecular complexity index is 599. The topological polar surface area (TPSA) is 58.0 Å². The van der Waals surface area contributed by atoms with Gasteiger partial charge >= 0.3 is 5.76 Å². The Labute approximate surface area is 105 Å². The zero-order valence-electron chi connectivity index (χ0n) is 10.5. The third kappa shape index (κ3) is 2.15. The Hall–Kier alpha value is -1.71. The van der Waals surface area contributed by atoms with Crippen LogP contribution in [-0.2, 0) is 0 Å². The maximum absolute atomic E-state index is 11.1. The number of oxazole rings is 1. The standard InChI is InChI=1S/C14H18N2O2/c1-9-4-2-3-5-11(9)15-10-6-7-13-12(8-10)16-14(17)18-13/h6-9,11,15H,2-5H2,1H3,(H,16,17)/t9-,11-/m1/s1. The summed E-state index contributed by atoms with van der Waals surface area (Å²) in [6.45, 7) is 2.30. The third-order valence-corrected chi connectivity index (χ3v) is 3.88. The van der Waals surface area contributed by atoms with Crippen molar-refractivity contribution in [2.75, 3.05) is 5.32 Å². The van der Waals surface area contributed by atoms with Gasteiger partial charge in [-0.05, 0) is 37.0 Å². The molecular weight excluding hydrogens is 228 g/mol. The number of hydrogen-bond donors (Lipinski definition) is 2. The molecule has 0 aliphatic heterocycles. The van der Waals surface area contributed by atoms with Crippen LogP contribution in [0.3, 0.4) is 0 Å². The van der Waals surface area contributed by atoms with E-state index in [2.05, 4.69) is 17.2 Å². The molecule has 0 radical (unpaired) electrons. The Balaban J connectivity index is 1.83. The SMILES string of the molecule is C[C@@H]1CCCC[C@H]1Nc1ccc2oc(=O)[nH]c2c1. The van der Waals surface area contributed by atoms with Crippen molar-refractivity contribution in [1.29, 1.82) is 0 Å². The summed E-state index contributed by atoms with van der Waals surface area (Å²) in [5, 5.41) is 3.57. The molecule has 1 saturated carbocycles. The summed E-state index contributed by atoms with van der Waals surface area (Å²) in [7, 11) is 0. The van der Waals surface area contributed by atoms with Gasteiger partial charge in [-0.25, -0.2) is 4.79 Å². The highest BCUT2D eigenvalue weighted by atomic mass is 16.4. The van der Waals surface area contributed by atoms with Crippen LogP contribution < -0.4 is 11.1 Å². The number of H-pyrrole nitrogens is 1. The Morgan fingerprint density at radius 1 is 1.33 bits per heavy atom. The van der Waals surface area contributed by atoms with E-state index in [9.17, 15) is 4.79 Å². The van der Waals surface area contributed by atoms with E-state index in [-0.39, 0.29) is 0 Å². The van der Waals surface area contributed by atoms with Crippen LogP contribution in [0.1, 0.15) is 32.6 Å². The molecule has 0 bridgehead atoms. The number of nitrogens with one attached hydrogen (secondary N) is 2. The van der Waals surface area contributed by atoms with Gasteiger partial charge in [0, 0.05) is 11.7 Å². The molecule has 2 aromatic rings. The van der Waals surface area contributed by atoms with Gasteiger partial charge < -0.3 is 9.73 Å². The first-order chi connectivity index (χ1) is 8.72. The summed E-state index contributed by atoms with van der Waals surface area (Å²) < 4.78 is 5.00. The Morgan fingerprint density at radius 2 is 2.17 bits per heavy atom. The van der Waals surface area contributed by atoms with E-state index >= 15 is 0 Å². The number of benzene rings is 1. The van der Waals surface area contributed by atoms with E-state index in [1.807, 2.05) is 18.2 Å². The van der Waals surface area contributed by atoms with E-state index in [4.69, 9.17) is 4.42 Å². The van der Waals surface area contributed by atoms with Crippen molar-refractivity contribution in [3.05, 3.63) is 28.7 Å². The number of aromatic amines is 1. The highest BCUT2D eigenvalue weighted by Gasteiger charge is 2.20. The van der Waals surface area contributed by atoms with Crippen molar-refractivity contribution >= 4 is 16.8 Å². The van der Waals surface area contributed by atoms with Crippen LogP contribution in [0.15, 0.2) is 27.4 Å². The minimum atomic E-state index is -0.395. The lowest BCUT2D eigenvalue weighted by atomic mass is 9.86. The summed E-state index contributed by atoms with van der Waals surface area (Å²) in [5.41, 5.74) is 2.43. The molecule has 1 aliphatic carbocycles. The van der Waals surface area contributed by atoms with Crippen LogP contribution in [0, 0.1) is 5.92 Å². The van der Waals surface area contributed by atoms with Crippen molar-refractivity contribution in [3.8, 4) is 0 Å². The molecule has 1 aliphatic rings. The highest BCUT2D eigenvalue weighted by molar-refractivity contribution is 5.76. The highest BCUT2D eigenvalue weighted by Crippen LogP contribution is 2.27. The first-order valence-corrected chi connectivity index (χ1v) is 6.62. The number of fused-ring (bicyclic) bond motifs is 1. The van der Waals surface area contributed by atoms with Gasteiger partial charge in [-0.3, -0.25) is 4.98 Å². The third-order valence-electron chi connectivity index (χ3n) is 3.88. The molecule has 4 heteroatoms. The van der Waals surface area contributed by atoms with Gasteiger partial charge in [0.2, 0.25) is 0 Å². The molecule has 0 spiro atoms. The Kier molecular flexibility index (Phi) is 2.86. The molecule has 96 valence electrons. The quantitative estimate of drug-likeness (QED) is 0.856. The molecule has 0 amide bonds. The van der Waals surface area contributed by atoms with Gasteiger partial charge in [-0.15, -0.1) is 0 Å². The van der Waals surface area contributed by atoms with Crippen molar-refractivity contribution in [2.45, 2.75) is 38.6 Å². The molecule has 4 nitrogen and oxygen atoms in total. The predicted octanol–water partition coefficient (Wildman–Crippen LogP) is 3.11. The second-order valence-electron chi connectivity index (χ2n) is 5.24. The lowest BCUT2D eigenvalue weighted by Crippen LogP contribution is -2.30. The molecule has 3 rings (SSSR count). The summed E-state index contributed by atoms with van der Waals surface area (Å²) in [5.74, 6) is 0.311. The van der Waals surface area contributed by atoms with Gasteiger partial charge in [-0.2, -0.15) is 0 Å². The first-order valence-electron chi connectivity index (χ1n) is 6.62. The average Bonchev–Trinajstić information content (AvgIpc) is 2.71. The molecule has 1 heterocycles. The Morgan fingerprint density at radius 3 is 3.00 bits per heavy atom. The monoisotopic (exact) mass is 246 g/mol. The molecule has 1 fully saturated rings. The van der Waals surface area contributed by atoms with E-state index in [1.165, 1.54) is 25.7 Å². The predicted molar refractivity (Wildman–Crippen MR) is 71.9 cm³/mol. The summed E-state index contributed by atoms with van der Waals surface area (Å²) in [4.78, 5) is 13.8. The number of anilines is 1. The molecule has 0 unspecified atom stereocenters. The zero-order chi connectivity index (χ0) is 12.5.